The van der Waals surface area contributed by atoms with Gasteiger partial charge in [0.25, 0.3) is 23.4 Å². The van der Waals surface area contributed by atoms with Crippen molar-refractivity contribution in [3.63, 3.8) is 0 Å². The molecule has 4 atom stereocenters. The third-order valence-corrected chi connectivity index (χ3v) is 9.08. The number of benzene rings is 3. The molecule has 13 heteroatoms. The lowest BCUT2D eigenvalue weighted by molar-refractivity contribution is -0.384. The predicted octanol–water partition coefficient (Wildman–Crippen LogP) is 5.39. The van der Waals surface area contributed by atoms with E-state index in [9.17, 15) is 34.1 Å². The summed E-state index contributed by atoms with van der Waals surface area (Å²) in [6, 6.07) is 14.5. The fraction of sp³-hybridized carbons (Fsp3) is 0.258. The van der Waals surface area contributed by atoms with E-state index in [4.69, 9.17) is 27.9 Å². The second-order valence-electron chi connectivity index (χ2n) is 11.0. The number of Topliss-reactive ketones (excluding diaryl/α,β-unsaturated/α-hetero) is 1. The molecular formula is C31H23Cl2N3O8. The average molecular weight is 636 g/mol. The van der Waals surface area contributed by atoms with Crippen molar-refractivity contribution in [2.24, 2.45) is 23.7 Å². The topological polar surface area (TPSA) is 144 Å². The molecule has 2 bridgehead atoms. The lowest BCUT2D eigenvalue weighted by atomic mass is 9.81. The summed E-state index contributed by atoms with van der Waals surface area (Å²) in [7, 11) is 0. The first kappa shape index (κ1) is 29.5. The maximum Gasteiger partial charge on any atom is 0.345 e. The highest BCUT2D eigenvalue weighted by molar-refractivity contribution is 6.36. The van der Waals surface area contributed by atoms with Gasteiger partial charge in [0.15, 0.2) is 5.78 Å². The van der Waals surface area contributed by atoms with E-state index in [2.05, 4.69) is 0 Å². The minimum Gasteiger partial charge on any atom is -0.423 e. The molecule has 0 N–H and O–H groups in total. The van der Waals surface area contributed by atoms with Crippen molar-refractivity contribution < 1.29 is 33.6 Å². The van der Waals surface area contributed by atoms with E-state index in [1.807, 2.05) is 0 Å². The Balaban J connectivity index is 1.24. The van der Waals surface area contributed by atoms with E-state index in [0.717, 1.165) is 41.4 Å². The number of amides is 3. The van der Waals surface area contributed by atoms with Crippen LogP contribution in [0.5, 0.6) is 5.75 Å². The number of esters is 1. The van der Waals surface area contributed by atoms with Crippen molar-refractivity contribution in [2.45, 2.75) is 19.3 Å². The maximum absolute atomic E-state index is 13.7. The summed E-state index contributed by atoms with van der Waals surface area (Å²) < 4.78 is 5.35. The van der Waals surface area contributed by atoms with Gasteiger partial charge in [0.2, 0.25) is 0 Å². The van der Waals surface area contributed by atoms with Crippen molar-refractivity contribution in [3.8, 4) is 5.75 Å². The highest BCUT2D eigenvalue weighted by Crippen LogP contribution is 2.56. The summed E-state index contributed by atoms with van der Waals surface area (Å²) in [5.74, 6) is -4.05. The Labute approximate surface area is 260 Å². The number of imide groups is 1. The molecule has 0 unspecified atom stereocenters. The van der Waals surface area contributed by atoms with Gasteiger partial charge < -0.3 is 4.74 Å². The first-order valence-corrected chi connectivity index (χ1v) is 14.5. The van der Waals surface area contributed by atoms with Crippen molar-refractivity contribution in [1.29, 1.82) is 0 Å². The molecule has 3 aromatic carbocycles. The Morgan fingerprint density at radius 3 is 2.05 bits per heavy atom. The number of fused-ring (bicyclic) bond motifs is 5. The van der Waals surface area contributed by atoms with Crippen LogP contribution in [0.25, 0.3) is 0 Å². The summed E-state index contributed by atoms with van der Waals surface area (Å²) in [6.07, 6.45) is 2.45. The van der Waals surface area contributed by atoms with Crippen LogP contribution in [0.2, 0.25) is 10.0 Å². The number of ketones is 1. The molecule has 0 spiro atoms. The summed E-state index contributed by atoms with van der Waals surface area (Å²) in [5.41, 5.74) is -0.0696. The first-order chi connectivity index (χ1) is 21.0. The molecule has 224 valence electrons. The van der Waals surface area contributed by atoms with Crippen LogP contribution in [0.3, 0.4) is 0 Å². The molecule has 3 aliphatic rings. The molecule has 0 aromatic heterocycles. The average Bonchev–Trinajstić information content (AvgIpc) is 3.69. The Morgan fingerprint density at radius 1 is 0.886 bits per heavy atom. The van der Waals surface area contributed by atoms with Crippen LogP contribution >= 0.6 is 23.2 Å². The zero-order chi connectivity index (χ0) is 31.3. The summed E-state index contributed by atoms with van der Waals surface area (Å²) in [5, 5.41) is 13.2. The van der Waals surface area contributed by atoms with Gasteiger partial charge in [-0.1, -0.05) is 23.2 Å². The monoisotopic (exact) mass is 635 g/mol. The SMILES string of the molecule is O=C(CN(C(=O)c1ccc([N+](=O)[O-])cc1)N1C(=O)[C@H]2[C@H]3CC[C@@H](C3)[C@@H]2C1=O)c1ccc(OC(=O)c2ccc(Cl)cc2Cl)cc1. The van der Waals surface area contributed by atoms with Gasteiger partial charge in [-0.2, -0.15) is 5.01 Å². The number of nitrogens with zero attached hydrogens (tertiary/aromatic N) is 3. The minimum atomic E-state index is -0.826. The summed E-state index contributed by atoms with van der Waals surface area (Å²) in [4.78, 5) is 77.4. The second kappa shape index (κ2) is 11.5. The number of ether oxygens (including phenoxy) is 1. The molecule has 3 fully saturated rings. The van der Waals surface area contributed by atoms with E-state index in [-0.39, 0.29) is 45.0 Å². The van der Waals surface area contributed by atoms with Crippen LogP contribution in [0.1, 0.15) is 50.3 Å². The molecule has 3 aromatic rings. The zero-order valence-corrected chi connectivity index (χ0v) is 24.4. The molecule has 1 heterocycles. The second-order valence-corrected chi connectivity index (χ2v) is 11.8. The summed E-state index contributed by atoms with van der Waals surface area (Å²) >= 11 is 12.0. The number of nitro benzene ring substituents is 1. The van der Waals surface area contributed by atoms with Gasteiger partial charge in [0, 0.05) is 28.3 Å². The van der Waals surface area contributed by atoms with Crippen LogP contribution in [-0.2, 0) is 9.59 Å². The smallest absolute Gasteiger partial charge is 0.345 e. The number of hydrazine groups is 1. The fourth-order valence-electron chi connectivity index (χ4n) is 6.49. The van der Waals surface area contributed by atoms with Gasteiger partial charge >= 0.3 is 5.97 Å². The first-order valence-electron chi connectivity index (χ1n) is 13.8. The third-order valence-electron chi connectivity index (χ3n) is 8.54. The normalized spacial score (nSPS) is 21.7. The number of rotatable bonds is 8. The minimum absolute atomic E-state index is 0.0350. The van der Waals surface area contributed by atoms with E-state index < -0.39 is 52.8 Å². The van der Waals surface area contributed by atoms with Crippen molar-refractivity contribution in [3.05, 3.63) is 104 Å². The Morgan fingerprint density at radius 2 is 1.48 bits per heavy atom. The van der Waals surface area contributed by atoms with Crippen LogP contribution in [0.4, 0.5) is 5.69 Å². The van der Waals surface area contributed by atoms with Gasteiger partial charge in [0.05, 0.1) is 27.3 Å². The molecule has 0 radical (unpaired) electrons. The molecule has 44 heavy (non-hydrogen) atoms. The standard InChI is InChI=1S/C31H23Cl2N3O8/c32-20-7-12-23(24(33)14-20)31(41)44-22-10-5-16(6-11-22)25(37)15-34(28(38)17-3-8-21(9-4-17)36(42)43)35-29(39)26-18-1-2-19(13-18)27(26)30(35)40/h3-12,14,18-19,26-27H,1-2,13,15H2/t18-,19-,26-,27-/m0/s1. The highest BCUT2D eigenvalue weighted by Gasteiger charge is 2.62. The Kier molecular flexibility index (Phi) is 7.68. The quantitative estimate of drug-likeness (QED) is 0.0800. The van der Waals surface area contributed by atoms with Gasteiger partial charge in [0.1, 0.15) is 12.3 Å². The summed E-state index contributed by atoms with van der Waals surface area (Å²) in [6.45, 7) is -0.651. The highest BCUT2D eigenvalue weighted by atomic mass is 35.5. The Hall–Kier alpha value is -4.61. The van der Waals surface area contributed by atoms with Crippen LogP contribution in [-0.4, -0.2) is 51.0 Å². The molecular weight excluding hydrogens is 613 g/mol. The largest absolute Gasteiger partial charge is 0.423 e. The Bertz CT molecular complexity index is 1700. The van der Waals surface area contributed by atoms with Gasteiger partial charge in [-0.25, -0.2) is 9.80 Å². The number of nitro groups is 1. The molecule has 6 rings (SSSR count). The lowest BCUT2D eigenvalue weighted by Gasteiger charge is -2.30. The number of hydrogen-bond acceptors (Lipinski definition) is 8. The van der Waals surface area contributed by atoms with Crippen molar-refractivity contribution >= 4 is 58.4 Å². The number of hydrogen-bond donors (Lipinski definition) is 0. The molecule has 2 saturated carbocycles. The van der Waals surface area contributed by atoms with E-state index >= 15 is 0 Å². The van der Waals surface area contributed by atoms with E-state index in [0.29, 0.717) is 5.02 Å². The molecule has 11 nitrogen and oxygen atoms in total. The van der Waals surface area contributed by atoms with Crippen LogP contribution in [0, 0.1) is 33.8 Å². The number of halogens is 2. The van der Waals surface area contributed by atoms with E-state index in [1.165, 1.54) is 54.6 Å². The van der Waals surface area contributed by atoms with E-state index in [1.54, 1.807) is 0 Å². The van der Waals surface area contributed by atoms with Crippen LogP contribution in [0.15, 0.2) is 66.7 Å². The molecule has 2 aliphatic carbocycles. The lowest BCUT2D eigenvalue weighted by Crippen LogP contribution is -2.52. The van der Waals surface area contributed by atoms with Crippen molar-refractivity contribution in [1.82, 2.24) is 10.0 Å². The van der Waals surface area contributed by atoms with Gasteiger partial charge in [-0.05, 0) is 85.7 Å². The maximum atomic E-state index is 13.7. The predicted molar refractivity (Wildman–Crippen MR) is 156 cm³/mol. The molecule has 1 aliphatic heterocycles. The fourth-order valence-corrected chi connectivity index (χ4v) is 6.98. The number of carbonyl (C=O) groups excluding carboxylic acids is 5. The third kappa shape index (κ3) is 5.22. The number of carbonyl (C=O) groups is 5. The zero-order valence-electron chi connectivity index (χ0n) is 22.9. The van der Waals surface area contributed by atoms with Gasteiger partial charge in [-0.3, -0.25) is 29.3 Å². The molecule has 3 amide bonds. The number of non-ortho nitro benzene ring substituents is 1. The molecule has 1 saturated heterocycles. The van der Waals surface area contributed by atoms with Crippen molar-refractivity contribution in [2.75, 3.05) is 6.54 Å². The van der Waals surface area contributed by atoms with Crippen LogP contribution < -0.4 is 4.74 Å². The van der Waals surface area contributed by atoms with Gasteiger partial charge in [-0.15, -0.1) is 0 Å².